The van der Waals surface area contributed by atoms with Gasteiger partial charge in [-0.05, 0) is 156 Å². The molecule has 14 aliphatic rings. The first-order chi connectivity index (χ1) is 56.8. The number of aldehydes is 1. The Morgan fingerprint density at radius 1 is 0.585 bits per heavy atom. The first-order valence-electron chi connectivity index (χ1n) is 40.0. The molecule has 8 bridgehead atoms. The van der Waals surface area contributed by atoms with Crippen molar-refractivity contribution in [1.29, 1.82) is 10.5 Å². The lowest BCUT2D eigenvalue weighted by molar-refractivity contribution is -0.164. The number of carbonyl (C=O) groups is 5. The molecule has 6 aromatic carbocycles. The van der Waals surface area contributed by atoms with Crippen molar-refractivity contribution in [3.05, 3.63) is 125 Å². The van der Waals surface area contributed by atoms with Crippen LogP contribution < -0.4 is 52.7 Å². The predicted molar refractivity (Wildman–Crippen MR) is 431 cm³/mol. The Morgan fingerprint density at radius 2 is 1.05 bits per heavy atom. The van der Waals surface area contributed by atoms with Crippen LogP contribution in [0.2, 0.25) is 0 Å². The molecule has 118 heavy (non-hydrogen) atoms. The number of nitriles is 2. The minimum Gasteiger partial charge on any atom is -0.504 e. The van der Waals surface area contributed by atoms with Crippen LogP contribution in [0.4, 0.5) is 0 Å². The van der Waals surface area contributed by atoms with Gasteiger partial charge in [-0.25, -0.2) is 9.59 Å². The van der Waals surface area contributed by atoms with E-state index in [0.717, 1.165) is 52.5 Å². The van der Waals surface area contributed by atoms with Crippen LogP contribution in [0.25, 0.3) is 0 Å². The number of ether oxygens (including phenoxy) is 12. The van der Waals surface area contributed by atoms with Gasteiger partial charge in [0, 0.05) is 114 Å². The second-order valence-electron chi connectivity index (χ2n) is 32.2. The Morgan fingerprint density at radius 3 is 1.49 bits per heavy atom. The number of piperazine rings is 2. The highest BCUT2D eigenvalue weighted by molar-refractivity contribution is 7.99. The number of hydrogen-bond donors (Lipinski definition) is 5. The molecule has 0 radical (unpaired) electrons. The lowest BCUT2D eigenvalue weighted by Gasteiger charge is -2.62. The molecule has 5 N–H and O–H groups in total. The number of methoxy groups -OCH3 is 4. The van der Waals surface area contributed by atoms with E-state index in [1.165, 1.54) is 58.7 Å². The summed E-state index contributed by atoms with van der Waals surface area (Å²) in [7, 11) is 10.0. The molecule has 0 saturated carbocycles. The number of aryl methyl sites for hydroxylation is 2. The number of rotatable bonds is 10. The molecule has 20 rings (SSSR count). The van der Waals surface area contributed by atoms with Crippen molar-refractivity contribution in [1.82, 2.24) is 29.8 Å². The summed E-state index contributed by atoms with van der Waals surface area (Å²) in [5.41, 5.74) is 9.03. The van der Waals surface area contributed by atoms with E-state index in [1.54, 1.807) is 31.4 Å². The minimum absolute atomic E-state index is 0.00814. The normalized spacial score (nSPS) is 27.8. The van der Waals surface area contributed by atoms with E-state index < -0.39 is 93.8 Å². The summed E-state index contributed by atoms with van der Waals surface area (Å²) in [6.45, 7) is 15.4. The first-order valence-corrected chi connectivity index (χ1v) is 42.0. The van der Waals surface area contributed by atoms with Gasteiger partial charge < -0.3 is 82.1 Å². The molecule has 6 aromatic rings. The number of benzene rings is 6. The van der Waals surface area contributed by atoms with E-state index >= 15 is 4.79 Å². The molecule has 14 aliphatic heterocycles. The maximum absolute atomic E-state index is 15.3. The fourth-order valence-electron chi connectivity index (χ4n) is 21.2. The molecule has 4 fully saturated rings. The van der Waals surface area contributed by atoms with Gasteiger partial charge >= 0.3 is 23.9 Å². The zero-order chi connectivity index (χ0) is 83.7. The molecule has 2 unspecified atom stereocenters. The van der Waals surface area contributed by atoms with Gasteiger partial charge in [0.25, 0.3) is 0 Å². The highest BCUT2D eigenvalue weighted by atomic mass is 32.2. The number of hydrogen-bond acceptors (Lipinski definition) is 31. The Labute approximate surface area is 692 Å². The van der Waals surface area contributed by atoms with Gasteiger partial charge in [0.15, 0.2) is 80.1 Å². The number of phenols is 4. The van der Waals surface area contributed by atoms with Crippen molar-refractivity contribution in [2.45, 2.75) is 182 Å². The summed E-state index contributed by atoms with van der Waals surface area (Å²) < 4.78 is 72.7. The third-order valence-electron chi connectivity index (χ3n) is 26.1. The average molecular weight is 1660 g/mol. The molecule has 14 atom stereocenters. The van der Waals surface area contributed by atoms with Crippen LogP contribution in [0.5, 0.6) is 80.5 Å². The smallest absolute Gasteiger partial charge is 0.332 e. The summed E-state index contributed by atoms with van der Waals surface area (Å²) in [4.78, 5) is 76.3. The molecule has 0 aromatic heterocycles. The van der Waals surface area contributed by atoms with Crippen LogP contribution in [0.15, 0.2) is 36.4 Å². The SMILES string of the molecule is CCCC=O.CCCN1CCc2cc(O)c(OC)cc2[C@@]12CS[C@@H]1c3c(OC(C)=O)c(C)c4c(c3[C@H](COC2=O)N2C1[C@H]1c3c(cc(C)c(OC)c3O)C[C@@H]([C@@H]2C#N)N1C)OCO4.COc1cc2c(cc1O)CCN[C@]21CS[C@@H]2c3c(OC(C)=O)c(C)c4c(c3[C@H](COC1=O)N1C2[C@H]2c3c(cc(C)c(OC)c3O)C[C@@H]([C@@H]1C#N)N2C)OCO4. The molecule has 14 heterocycles. The summed E-state index contributed by atoms with van der Waals surface area (Å²) in [5.74, 6) is 2.14. The molecule has 0 aliphatic carbocycles. The van der Waals surface area contributed by atoms with Gasteiger partial charge in [-0.15, -0.1) is 23.5 Å². The van der Waals surface area contributed by atoms with Crippen LogP contribution in [0.3, 0.4) is 0 Å². The van der Waals surface area contributed by atoms with Gasteiger partial charge in [-0.1, -0.05) is 26.0 Å². The molecule has 29 nitrogen and oxygen atoms in total. The number of carbonyl (C=O) groups excluding carboxylic acids is 5. The van der Waals surface area contributed by atoms with Crippen LogP contribution >= 0.6 is 23.5 Å². The summed E-state index contributed by atoms with van der Waals surface area (Å²) in [5, 5.41) is 70.6. The fourth-order valence-corrected chi connectivity index (χ4v) is 24.7. The van der Waals surface area contributed by atoms with E-state index in [1.807, 2.05) is 54.8 Å². The van der Waals surface area contributed by atoms with E-state index in [9.17, 15) is 50.1 Å². The van der Waals surface area contributed by atoms with Gasteiger partial charge in [0.1, 0.15) is 43.1 Å². The number of phenolic OH excluding ortho intramolecular Hbond substituents is 4. The van der Waals surface area contributed by atoms with Crippen LogP contribution in [-0.2, 0) is 70.2 Å². The number of thioether (sulfide) groups is 2. The maximum atomic E-state index is 15.3. The van der Waals surface area contributed by atoms with Gasteiger partial charge in [-0.2, -0.15) is 10.5 Å². The van der Waals surface area contributed by atoms with Crippen molar-refractivity contribution in [2.75, 3.05) is 100 Å². The molecule has 0 amide bonds. The van der Waals surface area contributed by atoms with Crippen LogP contribution in [-0.4, -0.2) is 212 Å². The third kappa shape index (κ3) is 12.4. The molecule has 624 valence electrons. The zero-order valence-corrected chi connectivity index (χ0v) is 70.1. The number of likely N-dealkylation sites (N-methyl/N-ethyl adjacent to an activating group) is 2. The number of nitrogens with one attached hydrogen (secondary N) is 1. The lowest BCUT2D eigenvalue weighted by atomic mass is 9.71. The van der Waals surface area contributed by atoms with Crippen molar-refractivity contribution in [2.24, 2.45) is 0 Å². The topological polar surface area (TPSA) is 353 Å². The predicted octanol–water partition coefficient (Wildman–Crippen LogP) is 10.1. The van der Waals surface area contributed by atoms with Crippen LogP contribution in [0, 0.1) is 50.4 Å². The van der Waals surface area contributed by atoms with Crippen molar-refractivity contribution < 1.29 is 101 Å². The summed E-state index contributed by atoms with van der Waals surface area (Å²) in [6, 6.07) is 10.7. The number of unbranched alkanes of at least 4 members (excludes halogenated alkanes) is 1. The van der Waals surface area contributed by atoms with Crippen LogP contribution in [0.1, 0.15) is 171 Å². The summed E-state index contributed by atoms with van der Waals surface area (Å²) >= 11 is 3.01. The minimum atomic E-state index is -1.36. The fraction of sp³-hybridized carbons (Fsp3) is 0.506. The van der Waals surface area contributed by atoms with E-state index in [2.05, 4.69) is 54.9 Å². The second kappa shape index (κ2) is 31.6. The Balaban J connectivity index is 0.000000167. The molecule has 2 spiro atoms. The number of fused-ring (bicyclic) bond motifs is 18. The highest BCUT2D eigenvalue weighted by Gasteiger charge is 2.65. The second-order valence-corrected chi connectivity index (χ2v) is 34.4. The first kappa shape index (κ1) is 81.6. The van der Waals surface area contributed by atoms with Gasteiger partial charge in [-0.3, -0.25) is 39.4 Å². The molecular formula is C87H98N8O21S2. The highest BCUT2D eigenvalue weighted by Crippen LogP contribution is 2.68. The van der Waals surface area contributed by atoms with Gasteiger partial charge in [0.05, 0.1) is 75.2 Å². The van der Waals surface area contributed by atoms with Crippen molar-refractivity contribution in [3.63, 3.8) is 0 Å². The Kier molecular flexibility index (Phi) is 21.8. The number of esters is 4. The third-order valence-corrected chi connectivity index (χ3v) is 29.0. The van der Waals surface area contributed by atoms with E-state index in [4.69, 9.17) is 56.8 Å². The van der Waals surface area contributed by atoms with E-state index in [0.29, 0.717) is 153 Å². The average Bonchev–Trinajstić information content (AvgIpc) is 0.980. The van der Waals surface area contributed by atoms with Crippen molar-refractivity contribution in [3.8, 4) is 92.6 Å². The number of aromatic hydroxyl groups is 4. The maximum Gasteiger partial charge on any atom is 0.332 e. The largest absolute Gasteiger partial charge is 0.504 e. The van der Waals surface area contributed by atoms with Gasteiger partial charge in [0.2, 0.25) is 13.6 Å². The molecule has 4 saturated heterocycles. The summed E-state index contributed by atoms with van der Waals surface area (Å²) in [6.07, 6.45) is 5.53. The lowest BCUT2D eigenvalue weighted by Crippen LogP contribution is -2.69. The Bertz CT molecular complexity index is 5250. The quantitative estimate of drug-likeness (QED) is 0.0483. The standard InChI is InChI=1S/C43H48N4O10S.C40H42N4O10S.C4H8O/c1-8-10-46-11-9-23-14-29(49)30(52-6)15-25(23)43(46)18-58-41-33-32(40-39(55-19-56-40)21(3)38(33)57-22(4)48)28(17-54-42(43)51)47-27(16-44)26-13-24-12-20(2)37(53-7)36(50)31(24)34(35(41)47)45(26)5;1-17-9-21-10-23-24(13-41)44-25-14-51-39(48)40(22-12-27(49-5)26(46)11-20(22)7-8-42-40)15-55-38(32(44)31(43(23)4)28(21)33(47)34(17)50-6)30-29(25)37-36(52-16-53-37)18(2)35(30)54-19(3)45;1-2-3-4-5/h12,14-15,26-28,34-35,41,49-50H,8-11,13,17-19H2,1-7H3;9,11-12,23-25,31-32,38,42,46-47H,7-8,10,14-16H2,1-6H3;4H,2-3H2,1H3/t26-,27-,28-,34+,35?,41+,43+;23-,24-,25-,31+,32?,38+,40+;/m00./s1. The number of nitrogens with zero attached hydrogens (tertiary/aromatic N) is 7. The Hall–Kier alpha value is -10.1. The monoisotopic (exact) mass is 1650 g/mol. The molecular weight excluding hydrogens is 1560 g/mol. The zero-order valence-electron chi connectivity index (χ0n) is 68.5. The molecule has 31 heteroatoms. The van der Waals surface area contributed by atoms with E-state index in [-0.39, 0.29) is 84.9 Å². The van der Waals surface area contributed by atoms with Crippen molar-refractivity contribution >= 4 is 53.7 Å².